The van der Waals surface area contributed by atoms with E-state index in [4.69, 9.17) is 28.7 Å². The number of aliphatic hydroxyl groups is 3. The molecule has 0 bridgehead atoms. The number of nitrogens with two attached hydrogens (primary N) is 5. The summed E-state index contributed by atoms with van der Waals surface area (Å²) in [7, 11) is 0. The molecule has 3 amide bonds. The minimum absolute atomic E-state index is 0.0130. The average molecular weight is 606 g/mol. The number of carboxylic acids is 1. The third-order valence-corrected chi connectivity index (χ3v) is 6.83. The van der Waals surface area contributed by atoms with Gasteiger partial charge < -0.3 is 65.0 Å². The Morgan fingerprint density at radius 1 is 0.857 bits per heavy atom. The van der Waals surface area contributed by atoms with Crippen molar-refractivity contribution in [1.82, 2.24) is 16.0 Å². The molecule has 42 heavy (non-hydrogen) atoms. The molecule has 0 aliphatic heterocycles. The van der Waals surface area contributed by atoms with E-state index in [2.05, 4.69) is 20.9 Å². The van der Waals surface area contributed by atoms with E-state index in [9.17, 15) is 39.6 Å². The Balaban J connectivity index is 5.70. The number of rotatable bonds is 22. The fourth-order valence-electron chi connectivity index (χ4n) is 3.88. The number of guanidine groups is 1. The molecule has 0 aromatic rings. The SMILES string of the molecule is CCC(C)[C@H](NC(=O)[C@@H](NC(=O)[C@@H](N)CO)[C@@H](O)CC[C@@H](N)CCCN=C(N)N)C(=O)N[C@@H](CCC(O)CN)C(=O)O. The van der Waals surface area contributed by atoms with Gasteiger partial charge in [0.25, 0.3) is 0 Å². The standard InChI is InChI=1S/C25H51N9O8/c1-3-13(2)19(22(39)32-17(24(41)42)8-7-15(36)11-26)33-23(40)20(34-21(38)16(28)12-35)18(37)9-6-14(27)5-4-10-31-25(29)30/h13-20,35-37H,3-12,26-28H2,1-2H3,(H,32,39)(H,33,40)(H,34,38)(H,41,42)(H4,29,30,31)/t13?,14-,15?,16-,17-,18-,19-,20-/m0/s1. The Bertz CT molecular complexity index is 875. The van der Waals surface area contributed by atoms with Gasteiger partial charge in [0.2, 0.25) is 17.7 Å². The van der Waals surface area contributed by atoms with Crippen LogP contribution in [0.3, 0.4) is 0 Å². The van der Waals surface area contributed by atoms with Crippen LogP contribution in [0.15, 0.2) is 4.99 Å². The lowest BCUT2D eigenvalue weighted by Crippen LogP contribution is -2.61. The number of nitrogens with one attached hydrogen (secondary N) is 3. The number of amides is 3. The molecule has 17 N–H and O–H groups in total. The van der Waals surface area contributed by atoms with Gasteiger partial charge in [0.1, 0.15) is 24.2 Å². The van der Waals surface area contributed by atoms with Gasteiger partial charge in [-0.05, 0) is 44.4 Å². The van der Waals surface area contributed by atoms with Gasteiger partial charge in [-0.1, -0.05) is 20.3 Å². The second-order valence-corrected chi connectivity index (χ2v) is 10.4. The molecule has 0 rings (SSSR count). The third kappa shape index (κ3) is 15.2. The number of aliphatic imine (C=N–C) groups is 1. The van der Waals surface area contributed by atoms with Crippen molar-refractivity contribution in [3.8, 4) is 0 Å². The molecular formula is C25H51N9O8. The maximum Gasteiger partial charge on any atom is 0.326 e. The molecule has 0 spiro atoms. The number of nitrogens with zero attached hydrogens (tertiary/aromatic N) is 1. The van der Waals surface area contributed by atoms with E-state index in [0.717, 1.165) is 0 Å². The van der Waals surface area contributed by atoms with Crippen LogP contribution in [0.4, 0.5) is 0 Å². The quantitative estimate of drug-likeness (QED) is 0.0315. The summed E-state index contributed by atoms with van der Waals surface area (Å²) in [4.78, 5) is 54.5. The van der Waals surface area contributed by atoms with Crippen LogP contribution in [0.1, 0.15) is 58.8 Å². The van der Waals surface area contributed by atoms with Gasteiger partial charge in [-0.2, -0.15) is 0 Å². The van der Waals surface area contributed by atoms with E-state index in [0.29, 0.717) is 25.8 Å². The highest BCUT2D eigenvalue weighted by Crippen LogP contribution is 2.13. The van der Waals surface area contributed by atoms with Crippen LogP contribution in [-0.4, -0.2) is 112 Å². The van der Waals surface area contributed by atoms with Crippen LogP contribution >= 0.6 is 0 Å². The van der Waals surface area contributed by atoms with E-state index in [1.165, 1.54) is 0 Å². The van der Waals surface area contributed by atoms with E-state index < -0.39 is 72.6 Å². The van der Waals surface area contributed by atoms with Gasteiger partial charge >= 0.3 is 5.97 Å². The molecule has 0 saturated heterocycles. The van der Waals surface area contributed by atoms with E-state index in [-0.39, 0.29) is 44.2 Å². The molecular weight excluding hydrogens is 554 g/mol. The average Bonchev–Trinajstić information content (AvgIpc) is 2.95. The van der Waals surface area contributed by atoms with E-state index in [1.54, 1.807) is 13.8 Å². The lowest BCUT2D eigenvalue weighted by molar-refractivity contribution is -0.143. The number of hydrogen-bond donors (Lipinski definition) is 12. The number of hydrogen-bond acceptors (Lipinski definition) is 11. The fraction of sp³-hybridized carbons (Fsp3) is 0.800. The van der Waals surface area contributed by atoms with Crippen molar-refractivity contribution >= 4 is 29.7 Å². The predicted octanol–water partition coefficient (Wildman–Crippen LogP) is -4.49. The largest absolute Gasteiger partial charge is 0.480 e. The molecule has 0 aromatic heterocycles. The first-order chi connectivity index (χ1) is 19.7. The van der Waals surface area contributed by atoms with Crippen LogP contribution in [0.2, 0.25) is 0 Å². The smallest absolute Gasteiger partial charge is 0.326 e. The van der Waals surface area contributed by atoms with Gasteiger partial charge in [-0.3, -0.25) is 19.4 Å². The molecule has 0 fully saturated rings. The molecule has 8 atom stereocenters. The Hall–Kier alpha value is -3.09. The molecule has 0 aliphatic carbocycles. The number of carbonyl (C=O) groups excluding carboxylic acids is 3. The summed E-state index contributed by atoms with van der Waals surface area (Å²) in [5.41, 5.74) is 27.6. The summed E-state index contributed by atoms with van der Waals surface area (Å²) in [5.74, 6) is -4.50. The summed E-state index contributed by atoms with van der Waals surface area (Å²) in [5, 5.41) is 46.5. The van der Waals surface area contributed by atoms with Crippen molar-refractivity contribution in [3.05, 3.63) is 0 Å². The van der Waals surface area contributed by atoms with Crippen LogP contribution in [0.25, 0.3) is 0 Å². The van der Waals surface area contributed by atoms with Gasteiger partial charge in [0.05, 0.1) is 18.8 Å². The van der Waals surface area contributed by atoms with E-state index in [1.807, 2.05) is 0 Å². The fourth-order valence-corrected chi connectivity index (χ4v) is 3.88. The second kappa shape index (κ2) is 20.7. The molecule has 0 saturated carbocycles. The Morgan fingerprint density at radius 3 is 1.98 bits per heavy atom. The molecule has 244 valence electrons. The lowest BCUT2D eigenvalue weighted by Gasteiger charge is -2.30. The van der Waals surface area contributed by atoms with E-state index >= 15 is 0 Å². The van der Waals surface area contributed by atoms with Gasteiger partial charge in [-0.15, -0.1) is 0 Å². The molecule has 17 heteroatoms. The van der Waals surface area contributed by atoms with Gasteiger partial charge in [0, 0.05) is 19.1 Å². The van der Waals surface area contributed by atoms with Crippen LogP contribution < -0.4 is 44.6 Å². The summed E-state index contributed by atoms with van der Waals surface area (Å²) in [6.07, 6.45) is -0.726. The minimum Gasteiger partial charge on any atom is -0.480 e. The number of aliphatic carboxylic acids is 1. The second-order valence-electron chi connectivity index (χ2n) is 10.4. The van der Waals surface area contributed by atoms with Gasteiger partial charge in [-0.25, -0.2) is 4.79 Å². The first-order valence-electron chi connectivity index (χ1n) is 14.1. The Morgan fingerprint density at radius 2 is 1.45 bits per heavy atom. The van der Waals surface area contributed by atoms with Crippen molar-refractivity contribution in [2.45, 2.75) is 101 Å². The Labute approximate surface area is 246 Å². The van der Waals surface area contributed by atoms with Crippen LogP contribution in [0, 0.1) is 5.92 Å². The molecule has 2 unspecified atom stereocenters. The van der Waals surface area contributed by atoms with Gasteiger partial charge in [0.15, 0.2) is 5.96 Å². The zero-order valence-electron chi connectivity index (χ0n) is 24.4. The van der Waals surface area contributed by atoms with Crippen LogP contribution in [-0.2, 0) is 19.2 Å². The number of aliphatic hydroxyl groups excluding tert-OH is 3. The monoisotopic (exact) mass is 605 g/mol. The first-order valence-corrected chi connectivity index (χ1v) is 14.1. The van der Waals surface area contributed by atoms with Crippen molar-refractivity contribution in [2.75, 3.05) is 19.7 Å². The normalized spacial score (nSPS) is 17.0. The van der Waals surface area contributed by atoms with Crippen LogP contribution in [0.5, 0.6) is 0 Å². The molecule has 0 radical (unpaired) electrons. The van der Waals surface area contributed by atoms with Crippen molar-refractivity contribution < 1.29 is 39.6 Å². The highest BCUT2D eigenvalue weighted by molar-refractivity contribution is 5.94. The highest BCUT2D eigenvalue weighted by Gasteiger charge is 2.35. The van der Waals surface area contributed by atoms with Crippen molar-refractivity contribution in [1.29, 1.82) is 0 Å². The third-order valence-electron chi connectivity index (χ3n) is 6.83. The van der Waals surface area contributed by atoms with Crippen molar-refractivity contribution in [2.24, 2.45) is 39.6 Å². The molecule has 0 aliphatic rings. The zero-order chi connectivity index (χ0) is 32.4. The summed E-state index contributed by atoms with van der Waals surface area (Å²) in [6, 6.07) is -5.92. The minimum atomic E-state index is -1.57. The molecule has 0 heterocycles. The topological polar surface area (TPSA) is 328 Å². The summed E-state index contributed by atoms with van der Waals surface area (Å²) in [6.45, 7) is 2.99. The maximum atomic E-state index is 13.4. The predicted molar refractivity (Wildman–Crippen MR) is 155 cm³/mol. The lowest BCUT2D eigenvalue weighted by atomic mass is 9.95. The molecule has 17 nitrogen and oxygen atoms in total. The number of carbonyl (C=O) groups is 4. The molecule has 0 aromatic carbocycles. The van der Waals surface area contributed by atoms with Crippen molar-refractivity contribution in [3.63, 3.8) is 0 Å². The maximum absolute atomic E-state index is 13.4. The zero-order valence-corrected chi connectivity index (χ0v) is 24.4. The summed E-state index contributed by atoms with van der Waals surface area (Å²) >= 11 is 0. The first kappa shape index (κ1) is 38.9. The highest BCUT2D eigenvalue weighted by atomic mass is 16.4. The summed E-state index contributed by atoms with van der Waals surface area (Å²) < 4.78 is 0. The number of carboxylic acid groups (broad SMARTS) is 1. The Kier molecular flexibility index (Phi) is 19.2.